The fourth-order valence-corrected chi connectivity index (χ4v) is 8.02. The summed E-state index contributed by atoms with van der Waals surface area (Å²) in [6, 6.07) is 5.35. The number of anilines is 1. The van der Waals surface area contributed by atoms with Gasteiger partial charge in [0.1, 0.15) is 6.04 Å². The first-order valence-corrected chi connectivity index (χ1v) is 12.4. The van der Waals surface area contributed by atoms with Crippen molar-refractivity contribution in [2.75, 3.05) is 25.5 Å². The molecule has 7 nitrogen and oxygen atoms in total. The molecule has 8 heteroatoms. The van der Waals surface area contributed by atoms with Crippen LogP contribution in [0.1, 0.15) is 43.2 Å². The molecule has 3 amide bonds. The second-order valence-electron chi connectivity index (χ2n) is 9.29. The number of carbonyl (C=O) groups is 3. The van der Waals surface area contributed by atoms with Crippen molar-refractivity contribution in [3.05, 3.63) is 29.3 Å². The third kappa shape index (κ3) is 3.71. The van der Waals surface area contributed by atoms with Gasteiger partial charge in [0.25, 0.3) is 0 Å². The van der Waals surface area contributed by atoms with E-state index < -0.39 is 16.7 Å². The van der Waals surface area contributed by atoms with Crippen LogP contribution in [-0.4, -0.2) is 64.0 Å². The summed E-state index contributed by atoms with van der Waals surface area (Å²) in [6.07, 6.45) is 3.80. The number of thioether (sulfide) groups is 1. The molecule has 5 atom stereocenters. The van der Waals surface area contributed by atoms with Crippen molar-refractivity contribution in [1.29, 1.82) is 0 Å². The van der Waals surface area contributed by atoms with Crippen molar-refractivity contribution in [1.82, 2.24) is 10.2 Å². The van der Waals surface area contributed by atoms with Crippen LogP contribution in [0.4, 0.5) is 5.69 Å². The molecule has 0 aliphatic carbocycles. The summed E-state index contributed by atoms with van der Waals surface area (Å²) in [5, 5.41) is 15.0. The fourth-order valence-electron chi connectivity index (χ4n) is 5.80. The minimum absolute atomic E-state index is 0.0709. The Bertz CT molecular complexity index is 923. The van der Waals surface area contributed by atoms with Gasteiger partial charge in [-0.05, 0) is 63.1 Å². The van der Waals surface area contributed by atoms with E-state index in [2.05, 4.69) is 10.6 Å². The minimum atomic E-state index is -0.598. The van der Waals surface area contributed by atoms with Gasteiger partial charge in [0.2, 0.25) is 17.7 Å². The van der Waals surface area contributed by atoms with E-state index in [1.165, 1.54) is 0 Å². The van der Waals surface area contributed by atoms with Crippen LogP contribution in [0, 0.1) is 25.7 Å². The van der Waals surface area contributed by atoms with E-state index in [0.717, 1.165) is 42.5 Å². The average molecular weight is 460 g/mol. The number of benzene rings is 1. The lowest BCUT2D eigenvalue weighted by atomic mass is 9.70. The van der Waals surface area contributed by atoms with Crippen LogP contribution in [0.3, 0.4) is 0 Å². The third-order valence-electron chi connectivity index (χ3n) is 7.31. The van der Waals surface area contributed by atoms with Crippen molar-refractivity contribution in [2.45, 2.75) is 62.0 Å². The number of nitrogens with zero attached hydrogens (tertiary/aromatic N) is 1. The zero-order valence-electron chi connectivity index (χ0n) is 19.0. The second-order valence-corrected chi connectivity index (χ2v) is 10.9. The first-order valence-electron chi connectivity index (χ1n) is 11.5. The van der Waals surface area contributed by atoms with E-state index in [1.807, 2.05) is 32.0 Å². The standard InChI is InChI=1S/C24H33N3O4S/c1-14-7-8-15(2)16(13-14)26-22(30)20-24-10-9-17(32-24)18(21(29)25-3)19(24)23(31)27(20)11-5-4-6-12-28/h7-8,13,17-20,28H,4-6,9-12H2,1-3H3,(H,25,29)(H,26,30)/t17-,18+,19-,20?,24?/m0/s1. The Labute approximate surface area is 193 Å². The molecule has 2 bridgehead atoms. The Kier molecular flexibility index (Phi) is 6.54. The van der Waals surface area contributed by atoms with Crippen LogP contribution in [0.5, 0.6) is 0 Å². The first-order chi connectivity index (χ1) is 15.3. The summed E-state index contributed by atoms with van der Waals surface area (Å²) in [5.74, 6) is -1.18. The molecule has 3 N–H and O–H groups in total. The maximum absolute atomic E-state index is 13.7. The number of rotatable bonds is 8. The number of hydrogen-bond acceptors (Lipinski definition) is 5. The van der Waals surface area contributed by atoms with Gasteiger partial charge in [-0.1, -0.05) is 12.1 Å². The van der Waals surface area contributed by atoms with Crippen LogP contribution in [0.2, 0.25) is 0 Å². The lowest BCUT2D eigenvalue weighted by molar-refractivity contribution is -0.139. The molecule has 2 unspecified atom stereocenters. The molecule has 3 fully saturated rings. The van der Waals surface area contributed by atoms with Crippen molar-refractivity contribution in [3.63, 3.8) is 0 Å². The lowest BCUT2D eigenvalue weighted by Gasteiger charge is -2.34. The number of aryl methyl sites for hydroxylation is 2. The molecule has 3 saturated heterocycles. The van der Waals surface area contributed by atoms with Gasteiger partial charge >= 0.3 is 0 Å². The van der Waals surface area contributed by atoms with Crippen LogP contribution in [-0.2, 0) is 14.4 Å². The summed E-state index contributed by atoms with van der Waals surface area (Å²) < 4.78 is -0.558. The highest BCUT2D eigenvalue weighted by molar-refractivity contribution is 8.02. The van der Waals surface area contributed by atoms with E-state index >= 15 is 0 Å². The molecule has 1 aromatic carbocycles. The third-order valence-corrected chi connectivity index (χ3v) is 9.26. The molecule has 1 aromatic rings. The van der Waals surface area contributed by atoms with Crippen LogP contribution < -0.4 is 10.6 Å². The van der Waals surface area contributed by atoms with Crippen LogP contribution in [0.25, 0.3) is 0 Å². The molecule has 3 heterocycles. The average Bonchev–Trinajstić information content (AvgIpc) is 3.41. The molecular formula is C24H33N3O4S. The second kappa shape index (κ2) is 9.06. The van der Waals surface area contributed by atoms with E-state index in [-0.39, 0.29) is 35.5 Å². The Morgan fingerprint density at radius 2 is 2.00 bits per heavy atom. The summed E-state index contributed by atoms with van der Waals surface area (Å²) in [6.45, 7) is 4.53. The van der Waals surface area contributed by atoms with Crippen molar-refractivity contribution >= 4 is 35.2 Å². The van der Waals surface area contributed by atoms with Crippen LogP contribution >= 0.6 is 11.8 Å². The lowest BCUT2D eigenvalue weighted by Crippen LogP contribution is -2.51. The van der Waals surface area contributed by atoms with Gasteiger partial charge in [0.15, 0.2) is 0 Å². The monoisotopic (exact) mass is 459 g/mol. The molecule has 1 spiro atoms. The molecule has 32 heavy (non-hydrogen) atoms. The number of fused-ring (bicyclic) bond motifs is 1. The summed E-state index contributed by atoms with van der Waals surface area (Å²) in [4.78, 5) is 41.8. The normalized spacial score (nSPS) is 30.5. The predicted octanol–water partition coefficient (Wildman–Crippen LogP) is 2.24. The first kappa shape index (κ1) is 23.1. The molecule has 4 rings (SSSR count). The van der Waals surface area contributed by atoms with E-state index in [4.69, 9.17) is 5.11 Å². The Balaban J connectivity index is 1.66. The number of hydrogen-bond donors (Lipinski definition) is 3. The molecule has 0 saturated carbocycles. The summed E-state index contributed by atoms with van der Waals surface area (Å²) in [5.41, 5.74) is 2.80. The molecule has 3 aliphatic rings. The number of aliphatic hydroxyl groups is 1. The predicted molar refractivity (Wildman–Crippen MR) is 125 cm³/mol. The summed E-state index contributed by atoms with van der Waals surface area (Å²) >= 11 is 1.68. The van der Waals surface area contributed by atoms with Crippen molar-refractivity contribution < 1.29 is 19.5 Å². The SMILES string of the molecule is CNC(=O)[C@@H]1[C@@H]2CCC3(S2)C(C(=O)Nc2cc(C)ccc2C)N(CCCCCO)C(=O)[C@H]13. The molecular weight excluding hydrogens is 426 g/mol. The highest BCUT2D eigenvalue weighted by Crippen LogP contribution is 2.66. The minimum Gasteiger partial charge on any atom is -0.396 e. The maximum atomic E-state index is 13.7. The Morgan fingerprint density at radius 1 is 1.22 bits per heavy atom. The van der Waals surface area contributed by atoms with E-state index in [1.54, 1.807) is 23.7 Å². The summed E-state index contributed by atoms with van der Waals surface area (Å²) in [7, 11) is 1.61. The van der Waals surface area contributed by atoms with Crippen molar-refractivity contribution in [2.24, 2.45) is 11.8 Å². The molecule has 0 aromatic heterocycles. The largest absolute Gasteiger partial charge is 0.396 e. The van der Waals surface area contributed by atoms with Gasteiger partial charge in [0, 0.05) is 31.1 Å². The number of nitrogens with one attached hydrogen (secondary N) is 2. The van der Waals surface area contributed by atoms with Gasteiger partial charge in [0.05, 0.1) is 16.6 Å². The molecule has 3 aliphatic heterocycles. The molecule has 0 radical (unpaired) electrons. The van der Waals surface area contributed by atoms with Crippen LogP contribution in [0.15, 0.2) is 18.2 Å². The van der Waals surface area contributed by atoms with Gasteiger partial charge in [-0.25, -0.2) is 0 Å². The quantitative estimate of drug-likeness (QED) is 0.518. The number of carbonyl (C=O) groups excluding carboxylic acids is 3. The number of likely N-dealkylation sites (tertiary alicyclic amines) is 1. The van der Waals surface area contributed by atoms with Gasteiger partial charge in [-0.3, -0.25) is 14.4 Å². The Morgan fingerprint density at radius 3 is 2.72 bits per heavy atom. The van der Waals surface area contributed by atoms with Gasteiger partial charge in [-0.15, -0.1) is 11.8 Å². The highest BCUT2D eigenvalue weighted by atomic mass is 32.2. The molecule has 174 valence electrons. The number of unbranched alkanes of at least 4 members (excludes halogenated alkanes) is 2. The van der Waals surface area contributed by atoms with E-state index in [9.17, 15) is 14.4 Å². The fraction of sp³-hybridized carbons (Fsp3) is 0.625. The zero-order chi connectivity index (χ0) is 23.0. The number of amides is 3. The highest BCUT2D eigenvalue weighted by Gasteiger charge is 2.73. The van der Waals surface area contributed by atoms with Gasteiger partial charge in [-0.2, -0.15) is 0 Å². The topological polar surface area (TPSA) is 98.7 Å². The zero-order valence-corrected chi connectivity index (χ0v) is 19.8. The smallest absolute Gasteiger partial charge is 0.248 e. The Hall–Kier alpha value is -2.06. The number of aliphatic hydroxyl groups excluding tert-OH is 1. The van der Waals surface area contributed by atoms with E-state index in [0.29, 0.717) is 13.0 Å². The maximum Gasteiger partial charge on any atom is 0.248 e. The van der Waals surface area contributed by atoms with Crippen molar-refractivity contribution in [3.8, 4) is 0 Å². The van der Waals surface area contributed by atoms with Gasteiger partial charge < -0.3 is 20.6 Å².